The minimum Gasteiger partial charge on any atom is -0.508 e. The van der Waals surface area contributed by atoms with Crippen molar-refractivity contribution in [3.8, 4) is 11.5 Å². The van der Waals surface area contributed by atoms with Gasteiger partial charge in [-0.25, -0.2) is 5.43 Å². The van der Waals surface area contributed by atoms with Crippen LogP contribution in [0, 0.1) is 5.92 Å². The molecule has 108 valence electrons. The molecule has 0 aliphatic carbocycles. The first-order chi connectivity index (χ1) is 9.61. The summed E-state index contributed by atoms with van der Waals surface area (Å²) in [6.45, 7) is 2.43. The summed E-state index contributed by atoms with van der Waals surface area (Å²) in [5.41, 5.74) is 5.83. The number of hydrazine groups is 1. The number of hydrogen-bond acceptors (Lipinski definition) is 8. The van der Waals surface area contributed by atoms with Gasteiger partial charge in [-0.1, -0.05) is 0 Å². The molecule has 2 unspecified atom stereocenters. The number of ether oxygens (including phenoxy) is 1. The zero-order valence-electron chi connectivity index (χ0n) is 10.9. The first-order valence-corrected chi connectivity index (χ1v) is 6.19. The minimum atomic E-state index is -0.567. The number of hydrogen-bond donors (Lipinski definition) is 4. The molecule has 1 aromatic rings. The molecule has 1 aromatic carbocycles. The van der Waals surface area contributed by atoms with E-state index in [9.17, 15) is 15.0 Å². The van der Waals surface area contributed by atoms with E-state index >= 15 is 0 Å². The lowest BCUT2D eigenvalue weighted by Gasteiger charge is -2.11. The lowest BCUT2D eigenvalue weighted by atomic mass is 10.1. The van der Waals surface area contributed by atoms with Gasteiger partial charge in [0.05, 0.1) is 6.61 Å². The quantitative estimate of drug-likeness (QED) is 0.479. The van der Waals surface area contributed by atoms with Crippen LogP contribution in [-0.2, 0) is 9.53 Å². The molecule has 1 saturated heterocycles. The third-order valence-corrected chi connectivity index (χ3v) is 2.79. The molecule has 1 aliphatic heterocycles. The number of rotatable bonds is 4. The summed E-state index contributed by atoms with van der Waals surface area (Å²) in [6.07, 6.45) is -0.567. The summed E-state index contributed by atoms with van der Waals surface area (Å²) in [7, 11) is 0. The van der Waals surface area contributed by atoms with Crippen LogP contribution < -0.4 is 10.9 Å². The molecular weight excluding hydrogens is 264 g/mol. The van der Waals surface area contributed by atoms with Gasteiger partial charge < -0.3 is 14.9 Å². The first kappa shape index (κ1) is 14.2. The smallest absolute Gasteiger partial charge is 0.313 e. The second kappa shape index (κ2) is 6.31. The molecule has 0 radical (unpaired) electrons. The van der Waals surface area contributed by atoms with Crippen LogP contribution in [0.2, 0.25) is 0 Å². The van der Waals surface area contributed by atoms with E-state index in [2.05, 4.69) is 21.1 Å². The van der Waals surface area contributed by atoms with Crippen molar-refractivity contribution in [2.45, 2.75) is 13.1 Å². The first-order valence-electron chi connectivity index (χ1n) is 6.19. The zero-order chi connectivity index (χ0) is 14.5. The summed E-state index contributed by atoms with van der Waals surface area (Å²) < 4.78 is 4.94. The third kappa shape index (κ3) is 3.22. The highest BCUT2D eigenvalue weighted by molar-refractivity contribution is 5.73. The summed E-state index contributed by atoms with van der Waals surface area (Å²) >= 11 is 0. The Labute approximate surface area is 115 Å². The Morgan fingerprint density at radius 1 is 1.50 bits per heavy atom. The monoisotopic (exact) mass is 280 g/mol. The van der Waals surface area contributed by atoms with Crippen LogP contribution in [0.5, 0.6) is 11.5 Å². The van der Waals surface area contributed by atoms with Crippen LogP contribution in [0.15, 0.2) is 28.4 Å². The molecular formula is C12H16N4O4. The Kier molecular flexibility index (Phi) is 4.49. The Morgan fingerprint density at radius 3 is 3.00 bits per heavy atom. The molecule has 0 aromatic heterocycles. The van der Waals surface area contributed by atoms with Gasteiger partial charge in [0.2, 0.25) is 0 Å². The van der Waals surface area contributed by atoms with Crippen LogP contribution in [0.1, 0.15) is 6.92 Å². The number of esters is 1. The molecule has 1 heterocycles. The van der Waals surface area contributed by atoms with Crippen molar-refractivity contribution in [1.29, 1.82) is 0 Å². The van der Waals surface area contributed by atoms with Crippen molar-refractivity contribution in [3.63, 3.8) is 0 Å². The number of nitrogens with one attached hydrogen (secondary N) is 2. The average Bonchev–Trinajstić information content (AvgIpc) is 2.86. The van der Waals surface area contributed by atoms with E-state index in [1.54, 1.807) is 6.92 Å². The van der Waals surface area contributed by atoms with Crippen molar-refractivity contribution in [1.82, 2.24) is 10.9 Å². The number of carbonyl (C=O) groups excluding carboxylic acids is 1. The van der Waals surface area contributed by atoms with E-state index in [0.29, 0.717) is 13.2 Å². The second-order valence-corrected chi connectivity index (χ2v) is 4.22. The number of aromatic hydroxyl groups is 2. The van der Waals surface area contributed by atoms with Gasteiger partial charge in [-0.05, 0) is 19.1 Å². The predicted molar refractivity (Wildman–Crippen MR) is 69.3 cm³/mol. The standard InChI is InChI=1S/C12H16N4O4/c1-2-20-12(19)8-6-13-15-11(8)16-14-9-4-3-7(17)5-10(9)18/h3-5,8,11,13,15,17-18H,2,6H2,1H3. The molecule has 2 rings (SSSR count). The highest BCUT2D eigenvalue weighted by Gasteiger charge is 2.34. The molecule has 1 fully saturated rings. The molecule has 8 nitrogen and oxygen atoms in total. The van der Waals surface area contributed by atoms with Gasteiger partial charge in [0, 0.05) is 12.6 Å². The number of azo groups is 1. The lowest BCUT2D eigenvalue weighted by molar-refractivity contribution is -0.147. The minimum absolute atomic E-state index is 0.0634. The maximum Gasteiger partial charge on any atom is 0.313 e. The van der Waals surface area contributed by atoms with Crippen LogP contribution in [0.4, 0.5) is 5.69 Å². The van der Waals surface area contributed by atoms with Crippen molar-refractivity contribution >= 4 is 11.7 Å². The molecule has 0 bridgehead atoms. The van der Waals surface area contributed by atoms with Gasteiger partial charge in [-0.3, -0.25) is 10.2 Å². The van der Waals surface area contributed by atoms with Crippen molar-refractivity contribution in [3.05, 3.63) is 18.2 Å². The van der Waals surface area contributed by atoms with Crippen molar-refractivity contribution in [2.75, 3.05) is 13.2 Å². The average molecular weight is 280 g/mol. The zero-order valence-corrected chi connectivity index (χ0v) is 10.9. The lowest BCUT2D eigenvalue weighted by Crippen LogP contribution is -2.32. The largest absolute Gasteiger partial charge is 0.508 e. The van der Waals surface area contributed by atoms with Gasteiger partial charge in [0.1, 0.15) is 29.3 Å². The highest BCUT2D eigenvalue weighted by Crippen LogP contribution is 2.30. The van der Waals surface area contributed by atoms with Crippen LogP contribution in [0.25, 0.3) is 0 Å². The number of nitrogens with zero attached hydrogens (tertiary/aromatic N) is 2. The van der Waals surface area contributed by atoms with Crippen LogP contribution in [-0.4, -0.2) is 35.5 Å². The van der Waals surface area contributed by atoms with E-state index in [4.69, 9.17) is 4.74 Å². The van der Waals surface area contributed by atoms with E-state index < -0.39 is 12.1 Å². The van der Waals surface area contributed by atoms with Crippen LogP contribution in [0.3, 0.4) is 0 Å². The maximum atomic E-state index is 11.7. The van der Waals surface area contributed by atoms with Gasteiger partial charge in [0.25, 0.3) is 0 Å². The van der Waals surface area contributed by atoms with Crippen molar-refractivity contribution in [2.24, 2.45) is 16.1 Å². The number of phenols is 2. The van der Waals surface area contributed by atoms with E-state index in [1.165, 1.54) is 12.1 Å². The predicted octanol–water partition coefficient (Wildman–Crippen LogP) is 0.795. The topological polar surface area (TPSA) is 116 Å². The molecule has 0 saturated carbocycles. The molecule has 0 amide bonds. The number of carbonyl (C=O) groups is 1. The fraction of sp³-hybridized carbons (Fsp3) is 0.417. The van der Waals surface area contributed by atoms with Gasteiger partial charge >= 0.3 is 5.97 Å². The normalized spacial score (nSPS) is 22.2. The Balaban J connectivity index is 2.08. The molecule has 4 N–H and O–H groups in total. The summed E-state index contributed by atoms with van der Waals surface area (Å²) in [5.74, 6) is -1.08. The summed E-state index contributed by atoms with van der Waals surface area (Å²) in [6, 6.07) is 3.98. The highest BCUT2D eigenvalue weighted by atomic mass is 16.5. The fourth-order valence-electron chi connectivity index (χ4n) is 1.78. The maximum absolute atomic E-state index is 11.7. The Hall–Kier alpha value is -2.19. The van der Waals surface area contributed by atoms with Gasteiger partial charge in [-0.15, -0.1) is 0 Å². The Morgan fingerprint density at radius 2 is 2.30 bits per heavy atom. The molecule has 0 spiro atoms. The molecule has 2 atom stereocenters. The van der Waals surface area contributed by atoms with Gasteiger partial charge in [-0.2, -0.15) is 10.2 Å². The molecule has 1 aliphatic rings. The van der Waals surface area contributed by atoms with E-state index in [0.717, 1.165) is 6.07 Å². The number of benzene rings is 1. The fourth-order valence-corrected chi connectivity index (χ4v) is 1.78. The van der Waals surface area contributed by atoms with Gasteiger partial charge in [0.15, 0.2) is 0 Å². The third-order valence-electron chi connectivity index (χ3n) is 2.79. The molecule has 8 heteroatoms. The van der Waals surface area contributed by atoms with Crippen LogP contribution >= 0.6 is 0 Å². The van der Waals surface area contributed by atoms with Crippen molar-refractivity contribution < 1.29 is 19.7 Å². The SMILES string of the molecule is CCOC(=O)C1CNNC1N=Nc1ccc(O)cc1O. The van der Waals surface area contributed by atoms with E-state index in [-0.39, 0.29) is 23.2 Å². The van der Waals surface area contributed by atoms with E-state index in [1.807, 2.05) is 0 Å². The molecule has 20 heavy (non-hydrogen) atoms. The number of phenolic OH excluding ortho intramolecular Hbond substituents is 2. The summed E-state index contributed by atoms with van der Waals surface area (Å²) in [5, 5.41) is 26.6. The summed E-state index contributed by atoms with van der Waals surface area (Å²) in [4.78, 5) is 11.7. The Bertz CT molecular complexity index is 520. The second-order valence-electron chi connectivity index (χ2n) is 4.22.